The minimum atomic E-state index is -2.78. The third-order valence-electron chi connectivity index (χ3n) is 1.66. The molecule has 0 aromatic heterocycles. The van der Waals surface area contributed by atoms with Gasteiger partial charge in [-0.3, -0.25) is 0 Å². The minimum absolute atomic E-state index is 0.201. The molecule has 0 unspecified atom stereocenters. The molecule has 1 aromatic rings. The number of aryl methyl sites for hydroxylation is 1. The van der Waals surface area contributed by atoms with Gasteiger partial charge < -0.3 is 4.74 Å². The zero-order valence-corrected chi connectivity index (χ0v) is 7.26. The number of hydrogen-bond donors (Lipinski definition) is 0. The van der Waals surface area contributed by atoms with Gasteiger partial charge >= 0.3 is 6.61 Å². The summed E-state index contributed by atoms with van der Waals surface area (Å²) >= 11 is 0. The van der Waals surface area contributed by atoms with E-state index < -0.39 is 6.61 Å². The molecule has 0 heterocycles. The van der Waals surface area contributed by atoms with E-state index in [9.17, 15) is 8.78 Å². The van der Waals surface area contributed by atoms with Gasteiger partial charge in [-0.25, -0.2) is 0 Å². The lowest BCUT2D eigenvalue weighted by Gasteiger charge is -2.08. The molecule has 0 saturated carbocycles. The average Bonchev–Trinajstić information content (AvgIpc) is 2.08. The summed E-state index contributed by atoms with van der Waals surface area (Å²) in [6.45, 7) is 2.47. The second kappa shape index (κ2) is 4.03. The van der Waals surface area contributed by atoms with E-state index in [1.807, 2.05) is 0 Å². The van der Waals surface area contributed by atoms with E-state index in [2.05, 4.69) is 11.3 Å². The van der Waals surface area contributed by atoms with Crippen LogP contribution >= 0.6 is 0 Å². The summed E-state index contributed by atoms with van der Waals surface area (Å²) in [5, 5.41) is 0. The van der Waals surface area contributed by atoms with Crippen LogP contribution in [-0.4, -0.2) is 6.61 Å². The van der Waals surface area contributed by atoms with Crippen molar-refractivity contribution in [3.8, 4) is 5.75 Å². The predicted molar refractivity (Wildman–Crippen MR) is 47.9 cm³/mol. The first kappa shape index (κ1) is 9.71. The van der Waals surface area contributed by atoms with E-state index in [0.29, 0.717) is 5.56 Å². The topological polar surface area (TPSA) is 9.23 Å². The van der Waals surface area contributed by atoms with Crippen LogP contribution in [0, 0.1) is 6.92 Å². The van der Waals surface area contributed by atoms with Crippen LogP contribution in [0.25, 0.3) is 6.08 Å². The molecule has 0 amide bonds. The van der Waals surface area contributed by atoms with Crippen molar-refractivity contribution in [2.45, 2.75) is 13.5 Å². The van der Waals surface area contributed by atoms with Gasteiger partial charge in [0.15, 0.2) is 0 Å². The first-order valence-corrected chi connectivity index (χ1v) is 3.81. The van der Waals surface area contributed by atoms with Gasteiger partial charge in [-0.1, -0.05) is 24.8 Å². The molecule has 0 aliphatic carbocycles. The Morgan fingerprint density at radius 1 is 1.46 bits per heavy atom. The van der Waals surface area contributed by atoms with Crippen LogP contribution in [-0.2, 0) is 0 Å². The number of ether oxygens (including phenoxy) is 1. The highest BCUT2D eigenvalue weighted by Crippen LogP contribution is 2.21. The first-order valence-electron chi connectivity index (χ1n) is 3.81. The number of benzene rings is 1. The standard InChI is InChI=1S/C10H10F2O/c1-3-8-5-4-7(2)9(6-8)13-10(11)12/h3-6,10H,1H2,2H3. The van der Waals surface area contributed by atoms with E-state index in [0.717, 1.165) is 5.56 Å². The Morgan fingerprint density at radius 2 is 2.15 bits per heavy atom. The molecule has 1 aromatic carbocycles. The van der Waals surface area contributed by atoms with E-state index in [1.165, 1.54) is 6.07 Å². The number of rotatable bonds is 3. The maximum atomic E-state index is 11.9. The summed E-state index contributed by atoms with van der Waals surface area (Å²) in [4.78, 5) is 0. The van der Waals surface area contributed by atoms with Gasteiger partial charge in [-0.2, -0.15) is 8.78 Å². The Balaban J connectivity index is 2.96. The molecule has 70 valence electrons. The summed E-state index contributed by atoms with van der Waals surface area (Å²) in [5.74, 6) is 0.201. The van der Waals surface area contributed by atoms with Crippen molar-refractivity contribution in [2.24, 2.45) is 0 Å². The zero-order chi connectivity index (χ0) is 9.84. The fourth-order valence-electron chi connectivity index (χ4n) is 0.967. The normalized spacial score (nSPS) is 10.2. The smallest absolute Gasteiger partial charge is 0.387 e. The lowest BCUT2D eigenvalue weighted by atomic mass is 10.1. The summed E-state index contributed by atoms with van der Waals surface area (Å²) in [6.07, 6.45) is 1.58. The van der Waals surface area contributed by atoms with Crippen molar-refractivity contribution >= 4 is 6.08 Å². The molecule has 13 heavy (non-hydrogen) atoms. The third-order valence-corrected chi connectivity index (χ3v) is 1.66. The van der Waals surface area contributed by atoms with Crippen LogP contribution in [0.2, 0.25) is 0 Å². The van der Waals surface area contributed by atoms with Gasteiger partial charge in [-0.05, 0) is 24.1 Å². The SMILES string of the molecule is C=Cc1ccc(C)c(OC(F)F)c1. The lowest BCUT2D eigenvalue weighted by molar-refractivity contribution is -0.0502. The molecule has 0 N–H and O–H groups in total. The fraction of sp³-hybridized carbons (Fsp3) is 0.200. The van der Waals surface area contributed by atoms with Crippen LogP contribution < -0.4 is 4.74 Å². The summed E-state index contributed by atoms with van der Waals surface area (Å²) < 4.78 is 28.1. The Labute approximate surface area is 75.6 Å². The molecular weight excluding hydrogens is 174 g/mol. The molecule has 0 fully saturated rings. The Kier molecular flexibility index (Phi) is 3.01. The van der Waals surface area contributed by atoms with Crippen LogP contribution in [0.3, 0.4) is 0 Å². The van der Waals surface area contributed by atoms with E-state index >= 15 is 0 Å². The molecule has 1 rings (SSSR count). The molecular formula is C10H10F2O. The minimum Gasteiger partial charge on any atom is -0.435 e. The van der Waals surface area contributed by atoms with E-state index in [-0.39, 0.29) is 5.75 Å². The molecule has 0 bridgehead atoms. The van der Waals surface area contributed by atoms with Crippen molar-refractivity contribution in [2.75, 3.05) is 0 Å². The molecule has 0 atom stereocenters. The monoisotopic (exact) mass is 184 g/mol. The van der Waals surface area contributed by atoms with Gasteiger partial charge in [0.2, 0.25) is 0 Å². The largest absolute Gasteiger partial charge is 0.435 e. The second-order valence-electron chi connectivity index (χ2n) is 2.61. The maximum absolute atomic E-state index is 11.9. The van der Waals surface area contributed by atoms with Crippen molar-refractivity contribution < 1.29 is 13.5 Å². The molecule has 1 nitrogen and oxygen atoms in total. The van der Waals surface area contributed by atoms with Gasteiger partial charge in [0.1, 0.15) is 5.75 Å². The van der Waals surface area contributed by atoms with Gasteiger partial charge in [0.25, 0.3) is 0 Å². The highest BCUT2D eigenvalue weighted by atomic mass is 19.3. The predicted octanol–water partition coefficient (Wildman–Crippen LogP) is 3.24. The molecule has 0 spiro atoms. The summed E-state index contributed by atoms with van der Waals surface area (Å²) in [5.41, 5.74) is 1.45. The Hall–Kier alpha value is -1.38. The fourth-order valence-corrected chi connectivity index (χ4v) is 0.967. The maximum Gasteiger partial charge on any atom is 0.387 e. The highest BCUT2D eigenvalue weighted by Gasteiger charge is 2.06. The first-order chi connectivity index (χ1) is 6.13. The quantitative estimate of drug-likeness (QED) is 0.700. The Morgan fingerprint density at radius 3 is 2.69 bits per heavy atom. The van der Waals surface area contributed by atoms with Crippen LogP contribution in [0.5, 0.6) is 5.75 Å². The van der Waals surface area contributed by atoms with Crippen LogP contribution in [0.15, 0.2) is 24.8 Å². The van der Waals surface area contributed by atoms with Crippen LogP contribution in [0.4, 0.5) is 8.78 Å². The van der Waals surface area contributed by atoms with Crippen molar-refractivity contribution in [1.82, 2.24) is 0 Å². The average molecular weight is 184 g/mol. The summed E-state index contributed by atoms with van der Waals surface area (Å²) in [7, 11) is 0. The van der Waals surface area contributed by atoms with E-state index in [1.54, 1.807) is 25.1 Å². The number of alkyl halides is 2. The van der Waals surface area contributed by atoms with Crippen molar-refractivity contribution in [3.05, 3.63) is 35.9 Å². The van der Waals surface area contributed by atoms with Crippen molar-refractivity contribution in [3.63, 3.8) is 0 Å². The molecule has 0 radical (unpaired) electrons. The molecule has 0 saturated heterocycles. The van der Waals surface area contributed by atoms with E-state index in [4.69, 9.17) is 0 Å². The second-order valence-corrected chi connectivity index (χ2v) is 2.61. The number of hydrogen-bond acceptors (Lipinski definition) is 1. The molecule has 3 heteroatoms. The van der Waals surface area contributed by atoms with Gasteiger partial charge in [0.05, 0.1) is 0 Å². The highest BCUT2D eigenvalue weighted by molar-refractivity contribution is 5.51. The molecule has 0 aliphatic heterocycles. The summed E-state index contributed by atoms with van der Waals surface area (Å²) in [6, 6.07) is 5.05. The van der Waals surface area contributed by atoms with Gasteiger partial charge in [-0.15, -0.1) is 0 Å². The third kappa shape index (κ3) is 2.54. The van der Waals surface area contributed by atoms with Gasteiger partial charge in [0, 0.05) is 0 Å². The van der Waals surface area contributed by atoms with Crippen molar-refractivity contribution in [1.29, 1.82) is 0 Å². The van der Waals surface area contributed by atoms with Crippen LogP contribution in [0.1, 0.15) is 11.1 Å². The Bertz CT molecular complexity index is 308. The molecule has 0 aliphatic rings. The lowest BCUT2D eigenvalue weighted by Crippen LogP contribution is -2.03. The zero-order valence-electron chi connectivity index (χ0n) is 7.26. The number of halogens is 2.